The lowest BCUT2D eigenvalue weighted by Gasteiger charge is -2.36. The number of carbonyl (C=O) groups excluding carboxylic acids is 2. The first-order valence-corrected chi connectivity index (χ1v) is 9.28. The molecule has 1 aromatic heterocycles. The van der Waals surface area contributed by atoms with Crippen molar-refractivity contribution in [1.29, 1.82) is 0 Å². The zero-order chi connectivity index (χ0) is 17.1. The van der Waals surface area contributed by atoms with Crippen molar-refractivity contribution in [3.05, 3.63) is 17.5 Å². The molecule has 0 aliphatic carbocycles. The molecule has 24 heavy (non-hydrogen) atoms. The first-order valence-electron chi connectivity index (χ1n) is 9.28. The van der Waals surface area contributed by atoms with Gasteiger partial charge in [-0.3, -0.25) is 14.3 Å². The van der Waals surface area contributed by atoms with Crippen molar-refractivity contribution < 1.29 is 9.59 Å². The largest absolute Gasteiger partial charge is 0.339 e. The normalized spacial score (nSPS) is 18.0. The average molecular weight is 332 g/mol. The van der Waals surface area contributed by atoms with Crippen LogP contribution in [0.25, 0.3) is 0 Å². The van der Waals surface area contributed by atoms with Gasteiger partial charge in [0, 0.05) is 38.6 Å². The standard InChI is InChI=1S/C18H28N4O2/c1-3-14(4-2)17(23)20-9-11-21(12-10-20)18(24)15-13-19-22-8-6-5-7-16(15)22/h13-14H,3-12H2,1-2H3. The molecule has 0 aromatic carbocycles. The van der Waals surface area contributed by atoms with Gasteiger partial charge in [0.15, 0.2) is 0 Å². The van der Waals surface area contributed by atoms with E-state index in [-0.39, 0.29) is 17.7 Å². The predicted octanol–water partition coefficient (Wildman–Crippen LogP) is 1.94. The maximum Gasteiger partial charge on any atom is 0.257 e. The van der Waals surface area contributed by atoms with Crippen LogP contribution in [0, 0.1) is 5.92 Å². The van der Waals surface area contributed by atoms with Crippen LogP contribution in [0.1, 0.15) is 55.6 Å². The summed E-state index contributed by atoms with van der Waals surface area (Å²) < 4.78 is 1.98. The minimum atomic E-state index is 0.0767. The van der Waals surface area contributed by atoms with Gasteiger partial charge in [0.05, 0.1) is 17.5 Å². The topological polar surface area (TPSA) is 58.4 Å². The van der Waals surface area contributed by atoms with E-state index in [1.807, 2.05) is 14.5 Å². The third kappa shape index (κ3) is 3.19. The number of rotatable bonds is 4. The van der Waals surface area contributed by atoms with Gasteiger partial charge >= 0.3 is 0 Å². The smallest absolute Gasteiger partial charge is 0.257 e. The Labute approximate surface area is 143 Å². The van der Waals surface area contributed by atoms with Crippen LogP contribution in [0.2, 0.25) is 0 Å². The van der Waals surface area contributed by atoms with Crippen LogP contribution in [0.15, 0.2) is 6.20 Å². The van der Waals surface area contributed by atoms with Crippen LogP contribution < -0.4 is 0 Å². The van der Waals surface area contributed by atoms with Crippen LogP contribution in [0.3, 0.4) is 0 Å². The molecule has 2 amide bonds. The summed E-state index contributed by atoms with van der Waals surface area (Å²) >= 11 is 0. The second-order valence-electron chi connectivity index (χ2n) is 6.82. The Morgan fingerprint density at radius 1 is 1.04 bits per heavy atom. The summed E-state index contributed by atoms with van der Waals surface area (Å²) in [6.45, 7) is 7.57. The van der Waals surface area contributed by atoms with Crippen molar-refractivity contribution in [3.8, 4) is 0 Å². The van der Waals surface area contributed by atoms with Gasteiger partial charge in [-0.25, -0.2) is 0 Å². The molecular weight excluding hydrogens is 304 g/mol. The van der Waals surface area contributed by atoms with Crippen molar-refractivity contribution in [2.45, 2.75) is 52.5 Å². The minimum absolute atomic E-state index is 0.0767. The van der Waals surface area contributed by atoms with E-state index in [2.05, 4.69) is 18.9 Å². The van der Waals surface area contributed by atoms with E-state index in [0.717, 1.165) is 49.9 Å². The molecule has 0 radical (unpaired) electrons. The Kier molecular flexibility index (Phi) is 5.21. The lowest BCUT2D eigenvalue weighted by Crippen LogP contribution is -2.52. The summed E-state index contributed by atoms with van der Waals surface area (Å²) in [5.41, 5.74) is 1.84. The Hall–Kier alpha value is -1.85. The highest BCUT2D eigenvalue weighted by Gasteiger charge is 2.29. The summed E-state index contributed by atoms with van der Waals surface area (Å²) in [4.78, 5) is 29.1. The molecule has 2 aliphatic rings. The van der Waals surface area contributed by atoms with Crippen molar-refractivity contribution in [2.75, 3.05) is 26.2 Å². The van der Waals surface area contributed by atoms with Gasteiger partial charge in [-0.1, -0.05) is 13.8 Å². The summed E-state index contributed by atoms with van der Waals surface area (Å²) in [7, 11) is 0. The Morgan fingerprint density at radius 3 is 2.38 bits per heavy atom. The highest BCUT2D eigenvalue weighted by molar-refractivity contribution is 5.95. The van der Waals surface area contributed by atoms with Crippen molar-refractivity contribution in [3.63, 3.8) is 0 Å². The molecule has 0 unspecified atom stereocenters. The van der Waals surface area contributed by atoms with Gasteiger partial charge in [0.1, 0.15) is 0 Å². The maximum atomic E-state index is 12.8. The zero-order valence-electron chi connectivity index (χ0n) is 14.8. The number of hydrogen-bond acceptors (Lipinski definition) is 3. The first kappa shape index (κ1) is 17.0. The van der Waals surface area contributed by atoms with E-state index in [1.165, 1.54) is 0 Å². The molecule has 1 saturated heterocycles. The van der Waals surface area contributed by atoms with E-state index < -0.39 is 0 Å². The fraction of sp³-hybridized carbons (Fsp3) is 0.722. The number of aryl methyl sites for hydroxylation is 1. The van der Waals surface area contributed by atoms with E-state index in [1.54, 1.807) is 6.20 Å². The van der Waals surface area contributed by atoms with Crippen LogP contribution in [-0.4, -0.2) is 57.6 Å². The van der Waals surface area contributed by atoms with Crippen LogP contribution in [-0.2, 0) is 17.8 Å². The molecule has 3 heterocycles. The van der Waals surface area contributed by atoms with E-state index >= 15 is 0 Å². The van der Waals surface area contributed by atoms with Crippen molar-refractivity contribution >= 4 is 11.8 Å². The van der Waals surface area contributed by atoms with Crippen LogP contribution >= 0.6 is 0 Å². The van der Waals surface area contributed by atoms with Crippen LogP contribution in [0.5, 0.6) is 0 Å². The molecule has 1 fully saturated rings. The van der Waals surface area contributed by atoms with Gasteiger partial charge in [-0.15, -0.1) is 0 Å². The summed E-state index contributed by atoms with van der Waals surface area (Å²) in [5, 5.41) is 4.37. The van der Waals surface area contributed by atoms with Gasteiger partial charge in [0.2, 0.25) is 5.91 Å². The summed E-state index contributed by atoms with van der Waals surface area (Å²) in [6.07, 6.45) is 6.70. The number of fused-ring (bicyclic) bond motifs is 1. The minimum Gasteiger partial charge on any atom is -0.339 e. The third-order valence-corrected chi connectivity index (χ3v) is 5.43. The van der Waals surface area contributed by atoms with Crippen LogP contribution in [0.4, 0.5) is 0 Å². The number of piperazine rings is 1. The Balaban J connectivity index is 1.61. The molecule has 0 saturated carbocycles. The monoisotopic (exact) mass is 332 g/mol. The van der Waals surface area contributed by atoms with Gasteiger partial charge in [-0.2, -0.15) is 5.10 Å². The quantitative estimate of drug-likeness (QED) is 0.847. The van der Waals surface area contributed by atoms with Crippen molar-refractivity contribution in [2.24, 2.45) is 5.92 Å². The highest BCUT2D eigenvalue weighted by Crippen LogP contribution is 2.21. The Morgan fingerprint density at radius 2 is 1.71 bits per heavy atom. The highest BCUT2D eigenvalue weighted by atomic mass is 16.2. The molecular formula is C18H28N4O2. The maximum absolute atomic E-state index is 12.8. The summed E-state index contributed by atoms with van der Waals surface area (Å²) in [6, 6.07) is 0. The molecule has 0 bridgehead atoms. The molecule has 0 atom stereocenters. The lowest BCUT2D eigenvalue weighted by atomic mass is 10.0. The van der Waals surface area contributed by atoms with E-state index in [4.69, 9.17) is 0 Å². The molecule has 6 heteroatoms. The molecule has 3 rings (SSSR count). The SMILES string of the molecule is CCC(CC)C(=O)N1CCN(C(=O)c2cnn3c2CCCC3)CC1. The number of nitrogens with zero attached hydrogens (tertiary/aromatic N) is 4. The fourth-order valence-electron chi connectivity index (χ4n) is 3.80. The number of hydrogen-bond donors (Lipinski definition) is 0. The average Bonchev–Trinajstić information content (AvgIpc) is 3.06. The Bertz CT molecular complexity index is 598. The zero-order valence-corrected chi connectivity index (χ0v) is 14.8. The van der Waals surface area contributed by atoms with E-state index in [0.29, 0.717) is 26.2 Å². The predicted molar refractivity (Wildman–Crippen MR) is 91.7 cm³/mol. The molecule has 0 spiro atoms. The number of aromatic nitrogens is 2. The molecule has 1 aromatic rings. The fourth-order valence-corrected chi connectivity index (χ4v) is 3.80. The second kappa shape index (κ2) is 7.36. The summed E-state index contributed by atoms with van der Waals surface area (Å²) in [5.74, 6) is 0.442. The van der Waals surface area contributed by atoms with Gasteiger partial charge in [0.25, 0.3) is 5.91 Å². The number of carbonyl (C=O) groups is 2. The molecule has 0 N–H and O–H groups in total. The number of amides is 2. The molecule has 132 valence electrons. The van der Waals surface area contributed by atoms with E-state index in [9.17, 15) is 9.59 Å². The van der Waals surface area contributed by atoms with Gasteiger partial charge < -0.3 is 9.80 Å². The first-order chi connectivity index (χ1) is 11.7. The lowest BCUT2D eigenvalue weighted by molar-refractivity contribution is -0.137. The third-order valence-electron chi connectivity index (χ3n) is 5.43. The second-order valence-corrected chi connectivity index (χ2v) is 6.82. The molecule has 6 nitrogen and oxygen atoms in total. The van der Waals surface area contributed by atoms with Crippen molar-refractivity contribution in [1.82, 2.24) is 19.6 Å². The molecule has 2 aliphatic heterocycles. The van der Waals surface area contributed by atoms with Gasteiger partial charge in [-0.05, 0) is 32.1 Å².